The second-order valence-electron chi connectivity index (χ2n) is 5.33. The number of carbonyl (C=O) groups is 1. The van der Waals surface area contributed by atoms with E-state index in [-0.39, 0.29) is 23.6 Å². The third-order valence-electron chi connectivity index (χ3n) is 3.67. The minimum atomic E-state index is -3.61. The Kier molecular flexibility index (Phi) is 4.62. The molecule has 0 radical (unpaired) electrons. The normalized spacial score (nSPS) is 12.2. The first-order chi connectivity index (χ1) is 10.7. The topological polar surface area (TPSA) is 107 Å². The molecular formula is C14H20N4O4S. The van der Waals surface area contributed by atoms with Gasteiger partial charge in [0.1, 0.15) is 0 Å². The van der Waals surface area contributed by atoms with Crippen LogP contribution in [0.1, 0.15) is 13.3 Å². The highest BCUT2D eigenvalue weighted by Crippen LogP contribution is 2.21. The lowest BCUT2D eigenvalue weighted by atomic mass is 10.3. The fourth-order valence-corrected chi connectivity index (χ4v) is 3.34. The van der Waals surface area contributed by atoms with E-state index in [2.05, 4.69) is 0 Å². The van der Waals surface area contributed by atoms with Crippen LogP contribution in [0.25, 0.3) is 11.0 Å². The maximum absolute atomic E-state index is 12.4. The number of nitrogens with zero attached hydrogens (tertiary/aromatic N) is 3. The van der Waals surface area contributed by atoms with Crippen LogP contribution >= 0.6 is 0 Å². The molecule has 0 fully saturated rings. The number of imidazole rings is 1. The second-order valence-corrected chi connectivity index (χ2v) is 7.48. The van der Waals surface area contributed by atoms with Crippen molar-refractivity contribution >= 4 is 27.0 Å². The molecule has 2 aromatic rings. The van der Waals surface area contributed by atoms with Crippen LogP contribution in [0, 0.1) is 0 Å². The van der Waals surface area contributed by atoms with Crippen molar-refractivity contribution in [1.29, 1.82) is 0 Å². The highest BCUT2D eigenvalue weighted by atomic mass is 32.2. The maximum atomic E-state index is 12.4. The molecule has 0 spiro atoms. The van der Waals surface area contributed by atoms with Gasteiger partial charge in [-0.1, -0.05) is 0 Å². The second kappa shape index (κ2) is 6.17. The number of amides is 1. The number of carbonyl (C=O) groups excluding carboxylic acids is 1. The molecule has 1 aromatic carbocycles. The average Bonchev–Trinajstić information content (AvgIpc) is 2.75. The van der Waals surface area contributed by atoms with E-state index in [1.165, 1.54) is 35.4 Å². The lowest BCUT2D eigenvalue weighted by molar-refractivity contribution is -0.118. The van der Waals surface area contributed by atoms with Crippen LogP contribution in [-0.4, -0.2) is 41.9 Å². The van der Waals surface area contributed by atoms with E-state index in [9.17, 15) is 18.0 Å². The van der Waals surface area contributed by atoms with E-state index in [1.54, 1.807) is 6.07 Å². The molecule has 0 unspecified atom stereocenters. The van der Waals surface area contributed by atoms with Gasteiger partial charge >= 0.3 is 5.69 Å². The molecule has 0 aliphatic rings. The molecule has 0 aliphatic heterocycles. The smallest absolute Gasteiger partial charge is 0.329 e. The van der Waals surface area contributed by atoms with Gasteiger partial charge in [0, 0.05) is 33.6 Å². The Hall–Kier alpha value is -2.13. The van der Waals surface area contributed by atoms with Crippen molar-refractivity contribution in [3.05, 3.63) is 28.7 Å². The molecule has 23 heavy (non-hydrogen) atoms. The van der Waals surface area contributed by atoms with Crippen LogP contribution in [0.2, 0.25) is 0 Å². The summed E-state index contributed by atoms with van der Waals surface area (Å²) in [6.07, 6.45) is 0.00733. The highest BCUT2D eigenvalue weighted by molar-refractivity contribution is 7.89. The molecule has 1 heterocycles. The number of aryl methyl sites for hydroxylation is 2. The Bertz CT molecular complexity index is 909. The summed E-state index contributed by atoms with van der Waals surface area (Å²) in [6, 6.07) is 4.54. The van der Waals surface area contributed by atoms with Crippen molar-refractivity contribution in [3.63, 3.8) is 0 Å². The van der Waals surface area contributed by atoms with Crippen molar-refractivity contribution in [2.75, 3.05) is 14.1 Å². The van der Waals surface area contributed by atoms with Gasteiger partial charge < -0.3 is 5.73 Å². The predicted octanol–water partition coefficient (Wildman–Crippen LogP) is -0.0514. The van der Waals surface area contributed by atoms with Crippen LogP contribution in [0.15, 0.2) is 27.9 Å². The predicted molar refractivity (Wildman–Crippen MR) is 86.6 cm³/mol. The maximum Gasteiger partial charge on any atom is 0.329 e. The molecule has 0 aliphatic carbocycles. The number of fused-ring (bicyclic) bond motifs is 1. The number of rotatable bonds is 6. The molecule has 2 N–H and O–H groups in total. The third kappa shape index (κ3) is 3.02. The summed E-state index contributed by atoms with van der Waals surface area (Å²) in [7, 11) is -0.727. The molecule has 0 saturated carbocycles. The quantitative estimate of drug-likeness (QED) is 0.795. The monoisotopic (exact) mass is 340 g/mol. The number of aromatic nitrogens is 2. The molecule has 1 aromatic heterocycles. The largest absolute Gasteiger partial charge is 0.370 e. The molecule has 9 heteroatoms. The molecule has 126 valence electrons. The standard InChI is InChI=1S/C14H20N4O4S/c1-4-17-11-6-5-10(23(21,22)16(2)3)9-12(11)18(14(17)20)8-7-13(15)19/h5-6,9H,4,7-8H2,1-3H3,(H2,15,19). The molecule has 2 rings (SSSR count). The lowest BCUT2D eigenvalue weighted by Crippen LogP contribution is -2.26. The minimum Gasteiger partial charge on any atom is -0.370 e. The van der Waals surface area contributed by atoms with Gasteiger partial charge in [-0.25, -0.2) is 17.5 Å². The summed E-state index contributed by atoms with van der Waals surface area (Å²) in [6.45, 7) is 2.38. The van der Waals surface area contributed by atoms with E-state index in [4.69, 9.17) is 5.73 Å². The first kappa shape index (κ1) is 17.2. The first-order valence-corrected chi connectivity index (χ1v) is 8.58. The van der Waals surface area contributed by atoms with Crippen molar-refractivity contribution in [2.24, 2.45) is 5.73 Å². The van der Waals surface area contributed by atoms with E-state index in [1.807, 2.05) is 6.92 Å². The van der Waals surface area contributed by atoms with Crippen molar-refractivity contribution in [2.45, 2.75) is 31.3 Å². The summed E-state index contributed by atoms with van der Waals surface area (Å²) in [5, 5.41) is 0. The highest BCUT2D eigenvalue weighted by Gasteiger charge is 2.20. The lowest BCUT2D eigenvalue weighted by Gasteiger charge is -2.11. The Morgan fingerprint density at radius 2 is 1.87 bits per heavy atom. The molecule has 0 saturated heterocycles. The summed E-state index contributed by atoms with van der Waals surface area (Å²) >= 11 is 0. The van der Waals surface area contributed by atoms with Crippen LogP contribution in [0.3, 0.4) is 0 Å². The van der Waals surface area contributed by atoms with E-state index in [0.717, 1.165) is 4.31 Å². The zero-order valence-electron chi connectivity index (χ0n) is 13.3. The van der Waals surface area contributed by atoms with Gasteiger partial charge in [-0.3, -0.25) is 13.9 Å². The number of hydrogen-bond donors (Lipinski definition) is 1. The Labute approximate surface area is 134 Å². The minimum absolute atomic E-state index is 0.00733. The number of hydrogen-bond acceptors (Lipinski definition) is 4. The Morgan fingerprint density at radius 1 is 1.22 bits per heavy atom. The van der Waals surface area contributed by atoms with E-state index in [0.29, 0.717) is 17.6 Å². The van der Waals surface area contributed by atoms with Gasteiger partial charge in [-0.15, -0.1) is 0 Å². The van der Waals surface area contributed by atoms with E-state index < -0.39 is 15.9 Å². The Morgan fingerprint density at radius 3 is 2.39 bits per heavy atom. The molecule has 8 nitrogen and oxygen atoms in total. The van der Waals surface area contributed by atoms with Crippen LogP contribution in [0.4, 0.5) is 0 Å². The van der Waals surface area contributed by atoms with Gasteiger partial charge in [-0.2, -0.15) is 0 Å². The zero-order chi connectivity index (χ0) is 17.4. The van der Waals surface area contributed by atoms with Crippen LogP contribution < -0.4 is 11.4 Å². The number of benzene rings is 1. The van der Waals surface area contributed by atoms with Gasteiger partial charge in [0.05, 0.1) is 15.9 Å². The number of sulfonamides is 1. The molecule has 1 amide bonds. The average molecular weight is 340 g/mol. The molecule has 0 atom stereocenters. The van der Waals surface area contributed by atoms with E-state index >= 15 is 0 Å². The van der Waals surface area contributed by atoms with Crippen LogP contribution in [-0.2, 0) is 27.9 Å². The van der Waals surface area contributed by atoms with Crippen molar-refractivity contribution in [1.82, 2.24) is 13.4 Å². The van der Waals surface area contributed by atoms with Crippen molar-refractivity contribution in [3.8, 4) is 0 Å². The fourth-order valence-electron chi connectivity index (χ4n) is 2.41. The molecular weight excluding hydrogens is 320 g/mol. The van der Waals surface area contributed by atoms with Gasteiger partial charge in [-0.05, 0) is 25.1 Å². The number of nitrogens with two attached hydrogens (primary N) is 1. The summed E-state index contributed by atoms with van der Waals surface area (Å²) < 4.78 is 28.6. The molecule has 0 bridgehead atoms. The Balaban J connectivity index is 2.71. The fraction of sp³-hybridized carbons (Fsp3) is 0.429. The van der Waals surface area contributed by atoms with Crippen molar-refractivity contribution < 1.29 is 13.2 Å². The third-order valence-corrected chi connectivity index (χ3v) is 5.48. The summed E-state index contributed by atoms with van der Waals surface area (Å²) in [5.41, 5.74) is 5.96. The zero-order valence-corrected chi connectivity index (χ0v) is 14.1. The van der Waals surface area contributed by atoms with Gasteiger partial charge in [0.25, 0.3) is 0 Å². The van der Waals surface area contributed by atoms with Gasteiger partial charge in [0.15, 0.2) is 0 Å². The SMILES string of the molecule is CCn1c(=O)n(CCC(N)=O)c2cc(S(=O)(=O)N(C)C)ccc21. The number of primary amides is 1. The summed E-state index contributed by atoms with van der Waals surface area (Å²) in [4.78, 5) is 23.5. The summed E-state index contributed by atoms with van der Waals surface area (Å²) in [5.74, 6) is -0.522. The van der Waals surface area contributed by atoms with Crippen LogP contribution in [0.5, 0.6) is 0 Å². The first-order valence-electron chi connectivity index (χ1n) is 7.14. The van der Waals surface area contributed by atoms with Gasteiger partial charge in [0.2, 0.25) is 15.9 Å².